The van der Waals surface area contributed by atoms with Crippen LogP contribution in [0.5, 0.6) is 0 Å². The summed E-state index contributed by atoms with van der Waals surface area (Å²) in [5, 5.41) is 1.89. The van der Waals surface area contributed by atoms with Crippen LogP contribution in [0.15, 0.2) is 42.5 Å². The summed E-state index contributed by atoms with van der Waals surface area (Å²) in [7, 11) is 0. The van der Waals surface area contributed by atoms with Crippen LogP contribution in [0.3, 0.4) is 0 Å². The summed E-state index contributed by atoms with van der Waals surface area (Å²) in [6, 6.07) is 13.3. The van der Waals surface area contributed by atoms with E-state index in [1.807, 2.05) is 43.3 Å². The molecule has 1 unspecified atom stereocenters. The Morgan fingerprint density at radius 2 is 1.95 bits per heavy atom. The van der Waals surface area contributed by atoms with Crippen molar-refractivity contribution < 1.29 is 19.1 Å². The first kappa shape index (κ1) is 13.6. The smallest absolute Gasteiger partial charge is 0.338 e. The summed E-state index contributed by atoms with van der Waals surface area (Å²) in [6.45, 7) is 2.09. The highest BCUT2D eigenvalue weighted by Crippen LogP contribution is 2.30. The van der Waals surface area contributed by atoms with Crippen molar-refractivity contribution in [2.24, 2.45) is 0 Å². The molecule has 1 saturated heterocycles. The van der Waals surface area contributed by atoms with Crippen molar-refractivity contribution in [1.29, 1.82) is 0 Å². The Labute approximate surface area is 122 Å². The molecule has 1 atom stereocenters. The Balaban J connectivity index is 1.66. The number of fused-ring (bicyclic) bond motifs is 1. The third kappa shape index (κ3) is 2.75. The maximum absolute atomic E-state index is 12.2. The standard InChI is InChI=1S/C17H16O4/c1-17(11-15(18)21-17)9-10-20-16(19)14-8-4-6-12-5-2-3-7-13(12)14/h2-8H,9-11H2,1H3. The summed E-state index contributed by atoms with van der Waals surface area (Å²) in [4.78, 5) is 23.0. The molecule has 21 heavy (non-hydrogen) atoms. The Hall–Kier alpha value is -2.36. The number of ether oxygens (including phenoxy) is 2. The van der Waals surface area contributed by atoms with Crippen LogP contribution in [0.2, 0.25) is 0 Å². The number of rotatable bonds is 4. The third-order valence-electron chi connectivity index (χ3n) is 3.75. The molecule has 0 amide bonds. The first-order valence-corrected chi connectivity index (χ1v) is 6.94. The van der Waals surface area contributed by atoms with Gasteiger partial charge in [0.1, 0.15) is 5.60 Å². The topological polar surface area (TPSA) is 52.6 Å². The predicted molar refractivity (Wildman–Crippen MR) is 78.0 cm³/mol. The maximum atomic E-state index is 12.2. The van der Waals surface area contributed by atoms with E-state index in [1.165, 1.54) is 0 Å². The van der Waals surface area contributed by atoms with E-state index in [4.69, 9.17) is 9.47 Å². The fourth-order valence-electron chi connectivity index (χ4n) is 2.55. The lowest BCUT2D eigenvalue weighted by Gasteiger charge is -2.36. The van der Waals surface area contributed by atoms with Gasteiger partial charge in [-0.25, -0.2) is 4.79 Å². The van der Waals surface area contributed by atoms with E-state index in [0.717, 1.165) is 10.8 Å². The molecule has 0 saturated carbocycles. The fourth-order valence-corrected chi connectivity index (χ4v) is 2.55. The second kappa shape index (κ2) is 5.20. The molecule has 4 heteroatoms. The lowest BCUT2D eigenvalue weighted by atomic mass is 9.93. The molecule has 0 bridgehead atoms. The summed E-state index contributed by atoms with van der Waals surface area (Å²) < 4.78 is 10.4. The van der Waals surface area contributed by atoms with Crippen molar-refractivity contribution >= 4 is 22.7 Å². The molecule has 4 nitrogen and oxygen atoms in total. The van der Waals surface area contributed by atoms with Gasteiger partial charge in [-0.15, -0.1) is 0 Å². The SMILES string of the molecule is CC1(CCOC(=O)c2cccc3ccccc23)CC(=O)O1. The summed E-state index contributed by atoms with van der Waals surface area (Å²) in [5.74, 6) is -0.543. The minimum absolute atomic E-state index is 0.196. The highest BCUT2D eigenvalue weighted by molar-refractivity contribution is 6.04. The molecular formula is C17H16O4. The van der Waals surface area contributed by atoms with Crippen LogP contribution in [0.25, 0.3) is 10.8 Å². The Morgan fingerprint density at radius 1 is 1.24 bits per heavy atom. The molecule has 2 aromatic rings. The lowest BCUT2D eigenvalue weighted by Crippen LogP contribution is -2.45. The van der Waals surface area contributed by atoms with Gasteiger partial charge < -0.3 is 9.47 Å². The van der Waals surface area contributed by atoms with Gasteiger partial charge in [-0.2, -0.15) is 0 Å². The largest absolute Gasteiger partial charge is 0.462 e. The first-order valence-electron chi connectivity index (χ1n) is 6.94. The molecule has 1 heterocycles. The third-order valence-corrected chi connectivity index (χ3v) is 3.75. The minimum Gasteiger partial charge on any atom is -0.462 e. The van der Waals surface area contributed by atoms with Crippen LogP contribution in [-0.4, -0.2) is 24.1 Å². The van der Waals surface area contributed by atoms with E-state index in [9.17, 15) is 9.59 Å². The van der Waals surface area contributed by atoms with Crippen LogP contribution < -0.4 is 0 Å². The van der Waals surface area contributed by atoms with E-state index in [2.05, 4.69) is 0 Å². The predicted octanol–water partition coefficient (Wildman–Crippen LogP) is 3.09. The van der Waals surface area contributed by atoms with Crippen molar-refractivity contribution in [1.82, 2.24) is 0 Å². The molecule has 0 radical (unpaired) electrons. The maximum Gasteiger partial charge on any atom is 0.338 e. The fraction of sp³-hybridized carbons (Fsp3) is 0.294. The van der Waals surface area contributed by atoms with E-state index >= 15 is 0 Å². The molecule has 3 rings (SSSR count). The average Bonchev–Trinajstić information content (AvgIpc) is 2.45. The van der Waals surface area contributed by atoms with Crippen LogP contribution in [-0.2, 0) is 14.3 Å². The summed E-state index contributed by atoms with van der Waals surface area (Å²) in [6.07, 6.45) is 0.911. The normalized spacial score (nSPS) is 20.7. The minimum atomic E-state index is -0.476. The number of esters is 2. The monoisotopic (exact) mass is 284 g/mol. The second-order valence-corrected chi connectivity index (χ2v) is 5.51. The van der Waals surface area contributed by atoms with E-state index < -0.39 is 5.60 Å². The highest BCUT2D eigenvalue weighted by atomic mass is 16.6. The quantitative estimate of drug-likeness (QED) is 0.810. The zero-order chi connectivity index (χ0) is 14.9. The molecule has 0 N–H and O–H groups in total. The van der Waals surface area contributed by atoms with Crippen LogP contribution >= 0.6 is 0 Å². The van der Waals surface area contributed by atoms with Gasteiger partial charge in [-0.3, -0.25) is 4.79 Å². The Morgan fingerprint density at radius 3 is 2.71 bits per heavy atom. The molecule has 0 aliphatic carbocycles. The Kier molecular flexibility index (Phi) is 3.37. The average molecular weight is 284 g/mol. The van der Waals surface area contributed by atoms with Gasteiger partial charge in [-0.05, 0) is 23.8 Å². The van der Waals surface area contributed by atoms with Crippen molar-refractivity contribution in [3.63, 3.8) is 0 Å². The molecule has 2 aromatic carbocycles. The molecule has 1 fully saturated rings. The zero-order valence-electron chi connectivity index (χ0n) is 11.8. The number of hydrogen-bond donors (Lipinski definition) is 0. The molecule has 108 valence electrons. The van der Waals surface area contributed by atoms with Gasteiger partial charge in [0, 0.05) is 6.42 Å². The summed E-state index contributed by atoms with van der Waals surface area (Å²) in [5.41, 5.74) is 0.0831. The number of carbonyl (C=O) groups excluding carboxylic acids is 2. The lowest BCUT2D eigenvalue weighted by molar-refractivity contribution is -0.190. The molecular weight excluding hydrogens is 268 g/mol. The van der Waals surface area contributed by atoms with E-state index in [-0.39, 0.29) is 18.5 Å². The van der Waals surface area contributed by atoms with Crippen molar-refractivity contribution in [2.75, 3.05) is 6.61 Å². The summed E-state index contributed by atoms with van der Waals surface area (Å²) >= 11 is 0. The Bertz CT molecular complexity index is 692. The van der Waals surface area contributed by atoms with Gasteiger partial charge in [0.25, 0.3) is 0 Å². The first-order chi connectivity index (χ1) is 10.1. The van der Waals surface area contributed by atoms with Gasteiger partial charge in [0.2, 0.25) is 0 Å². The van der Waals surface area contributed by atoms with E-state index in [0.29, 0.717) is 18.4 Å². The highest BCUT2D eigenvalue weighted by Gasteiger charge is 2.41. The van der Waals surface area contributed by atoms with Crippen LogP contribution in [0.1, 0.15) is 30.1 Å². The molecule has 0 spiro atoms. The second-order valence-electron chi connectivity index (χ2n) is 5.51. The van der Waals surface area contributed by atoms with Crippen molar-refractivity contribution in [3.8, 4) is 0 Å². The zero-order valence-corrected chi connectivity index (χ0v) is 11.8. The van der Waals surface area contributed by atoms with Gasteiger partial charge in [0.05, 0.1) is 18.6 Å². The van der Waals surface area contributed by atoms with Gasteiger partial charge in [0.15, 0.2) is 0 Å². The van der Waals surface area contributed by atoms with Crippen LogP contribution in [0, 0.1) is 0 Å². The number of carbonyl (C=O) groups is 2. The number of benzene rings is 2. The van der Waals surface area contributed by atoms with Gasteiger partial charge >= 0.3 is 11.9 Å². The molecule has 1 aliphatic rings. The molecule has 0 aromatic heterocycles. The van der Waals surface area contributed by atoms with Crippen molar-refractivity contribution in [2.45, 2.75) is 25.4 Å². The number of hydrogen-bond acceptors (Lipinski definition) is 4. The van der Waals surface area contributed by atoms with Crippen LogP contribution in [0.4, 0.5) is 0 Å². The number of cyclic esters (lactones) is 1. The van der Waals surface area contributed by atoms with E-state index in [1.54, 1.807) is 6.07 Å². The van der Waals surface area contributed by atoms with Gasteiger partial charge in [-0.1, -0.05) is 36.4 Å². The van der Waals surface area contributed by atoms with Crippen molar-refractivity contribution in [3.05, 3.63) is 48.0 Å². The molecule has 1 aliphatic heterocycles.